The number of rotatable bonds is 4. The van der Waals surface area contributed by atoms with Crippen LogP contribution in [0.15, 0.2) is 76.0 Å². The van der Waals surface area contributed by atoms with Gasteiger partial charge in [0.2, 0.25) is 5.82 Å². The van der Waals surface area contributed by atoms with Gasteiger partial charge in [0.25, 0.3) is 11.4 Å². The van der Waals surface area contributed by atoms with Crippen LogP contribution in [-0.4, -0.2) is 27.0 Å². The molecular formula is C25H20N4O3. The van der Waals surface area contributed by atoms with Crippen LogP contribution in [0, 0.1) is 13.8 Å². The van der Waals surface area contributed by atoms with Crippen molar-refractivity contribution in [3.63, 3.8) is 0 Å². The summed E-state index contributed by atoms with van der Waals surface area (Å²) in [5.41, 5.74) is 3.82. The third-order valence-corrected chi connectivity index (χ3v) is 5.52. The van der Waals surface area contributed by atoms with Crippen molar-refractivity contribution in [2.45, 2.75) is 13.8 Å². The Bertz CT molecular complexity index is 1520. The highest BCUT2D eigenvalue weighted by atomic mass is 16.5. The van der Waals surface area contributed by atoms with E-state index in [1.807, 2.05) is 74.5 Å². The second kappa shape index (κ2) is 7.77. The van der Waals surface area contributed by atoms with E-state index in [1.54, 1.807) is 13.2 Å². The van der Waals surface area contributed by atoms with E-state index in [-0.39, 0.29) is 11.4 Å². The molecule has 7 nitrogen and oxygen atoms in total. The van der Waals surface area contributed by atoms with Crippen LogP contribution in [0.2, 0.25) is 0 Å². The number of aryl methyl sites for hydroxylation is 2. The van der Waals surface area contributed by atoms with Crippen LogP contribution in [0.1, 0.15) is 11.1 Å². The molecule has 0 aliphatic carbocycles. The van der Waals surface area contributed by atoms with Gasteiger partial charge in [0, 0.05) is 5.39 Å². The maximum Gasteiger partial charge on any atom is 0.279 e. The Morgan fingerprint density at radius 3 is 2.44 bits per heavy atom. The van der Waals surface area contributed by atoms with Gasteiger partial charge in [-0.15, -0.1) is 0 Å². The number of fused-ring (bicyclic) bond motifs is 1. The number of ether oxygens (including phenoxy) is 1. The van der Waals surface area contributed by atoms with Crippen molar-refractivity contribution >= 4 is 10.8 Å². The lowest BCUT2D eigenvalue weighted by Gasteiger charge is -2.10. The summed E-state index contributed by atoms with van der Waals surface area (Å²) >= 11 is 0. The third-order valence-electron chi connectivity index (χ3n) is 5.52. The van der Waals surface area contributed by atoms with Gasteiger partial charge in [-0.05, 0) is 55.3 Å². The topological polar surface area (TPSA) is 83.0 Å². The van der Waals surface area contributed by atoms with Gasteiger partial charge in [-0.1, -0.05) is 41.6 Å². The van der Waals surface area contributed by atoms with E-state index >= 15 is 0 Å². The van der Waals surface area contributed by atoms with E-state index < -0.39 is 0 Å². The molecule has 2 aromatic heterocycles. The number of methoxy groups -OCH3 is 1. The number of nitrogens with zero attached hydrogens (tertiary/aromatic N) is 4. The molecule has 0 aliphatic rings. The number of hydrogen-bond donors (Lipinski definition) is 0. The molecule has 3 aromatic carbocycles. The zero-order valence-corrected chi connectivity index (χ0v) is 17.9. The van der Waals surface area contributed by atoms with Crippen LogP contribution in [0.3, 0.4) is 0 Å². The van der Waals surface area contributed by atoms with Gasteiger partial charge in [0.1, 0.15) is 5.75 Å². The second-order valence-electron chi connectivity index (χ2n) is 7.50. The minimum absolute atomic E-state index is 0.211. The van der Waals surface area contributed by atoms with E-state index in [2.05, 4.69) is 15.2 Å². The standard InChI is InChI=1S/C25H20N4O3/c1-15-12-13-17(14-16(15)2)29-25(30)19-9-5-4-8-18(19)22(27-29)24-26-23(28-32-24)20-10-6-7-11-21(20)31-3/h4-14H,1-3H3. The number of aromatic nitrogens is 4. The van der Waals surface area contributed by atoms with Gasteiger partial charge < -0.3 is 9.26 Å². The van der Waals surface area contributed by atoms with Crippen LogP contribution < -0.4 is 10.3 Å². The Morgan fingerprint density at radius 1 is 0.906 bits per heavy atom. The van der Waals surface area contributed by atoms with Crippen LogP contribution in [-0.2, 0) is 0 Å². The van der Waals surface area contributed by atoms with Crippen LogP contribution >= 0.6 is 0 Å². The summed E-state index contributed by atoms with van der Waals surface area (Å²) in [7, 11) is 1.59. The molecule has 0 amide bonds. The number of benzene rings is 3. The first-order valence-electron chi connectivity index (χ1n) is 10.1. The molecule has 5 rings (SSSR count). The zero-order chi connectivity index (χ0) is 22.2. The van der Waals surface area contributed by atoms with Crippen molar-refractivity contribution in [3.8, 4) is 34.4 Å². The third kappa shape index (κ3) is 3.24. The van der Waals surface area contributed by atoms with Gasteiger partial charge in [-0.2, -0.15) is 14.8 Å². The normalized spacial score (nSPS) is 11.1. The fraction of sp³-hybridized carbons (Fsp3) is 0.120. The SMILES string of the molecule is COc1ccccc1-c1noc(-c2nn(-c3ccc(C)c(C)c3)c(=O)c3ccccc23)n1. The fourth-order valence-electron chi connectivity index (χ4n) is 3.64. The molecule has 0 fully saturated rings. The lowest BCUT2D eigenvalue weighted by molar-refractivity contribution is 0.413. The molecule has 0 saturated carbocycles. The van der Waals surface area contributed by atoms with E-state index in [4.69, 9.17) is 9.26 Å². The van der Waals surface area contributed by atoms with Crippen LogP contribution in [0.25, 0.3) is 39.4 Å². The minimum atomic E-state index is -0.211. The Balaban J connectivity index is 1.73. The van der Waals surface area contributed by atoms with Crippen molar-refractivity contribution in [3.05, 3.63) is 88.2 Å². The van der Waals surface area contributed by atoms with Crippen molar-refractivity contribution in [1.29, 1.82) is 0 Å². The average Bonchev–Trinajstić information content (AvgIpc) is 3.31. The fourth-order valence-corrected chi connectivity index (χ4v) is 3.64. The lowest BCUT2D eigenvalue weighted by Crippen LogP contribution is -2.22. The first kappa shape index (κ1) is 19.7. The molecule has 0 aliphatic heterocycles. The summed E-state index contributed by atoms with van der Waals surface area (Å²) in [6.45, 7) is 4.03. The summed E-state index contributed by atoms with van der Waals surface area (Å²) in [6, 6.07) is 20.5. The van der Waals surface area contributed by atoms with Crippen molar-refractivity contribution in [1.82, 2.24) is 19.9 Å². The van der Waals surface area contributed by atoms with Crippen molar-refractivity contribution in [2.75, 3.05) is 7.11 Å². The monoisotopic (exact) mass is 424 g/mol. The predicted molar refractivity (Wildman–Crippen MR) is 122 cm³/mol. The number of para-hydroxylation sites is 1. The highest BCUT2D eigenvalue weighted by Gasteiger charge is 2.20. The van der Waals surface area contributed by atoms with Gasteiger partial charge in [0.15, 0.2) is 5.69 Å². The summed E-state index contributed by atoms with van der Waals surface area (Å²) in [6.07, 6.45) is 0. The molecule has 7 heteroatoms. The Hall–Kier alpha value is -4.26. The first-order chi connectivity index (χ1) is 15.6. The lowest BCUT2D eigenvalue weighted by atomic mass is 10.1. The largest absolute Gasteiger partial charge is 0.496 e. The predicted octanol–water partition coefficient (Wildman–Crippen LogP) is 4.73. The van der Waals surface area contributed by atoms with Gasteiger partial charge in [0.05, 0.1) is 23.7 Å². The molecule has 0 spiro atoms. The van der Waals surface area contributed by atoms with E-state index in [9.17, 15) is 4.79 Å². The summed E-state index contributed by atoms with van der Waals surface area (Å²) in [4.78, 5) is 17.8. The first-order valence-corrected chi connectivity index (χ1v) is 10.1. The van der Waals surface area contributed by atoms with E-state index in [0.29, 0.717) is 39.3 Å². The molecule has 32 heavy (non-hydrogen) atoms. The highest BCUT2D eigenvalue weighted by molar-refractivity contribution is 5.92. The second-order valence-corrected chi connectivity index (χ2v) is 7.50. The molecule has 158 valence electrons. The molecule has 0 bridgehead atoms. The van der Waals surface area contributed by atoms with Gasteiger partial charge in [-0.25, -0.2) is 0 Å². The molecule has 0 unspecified atom stereocenters. The van der Waals surface area contributed by atoms with Crippen LogP contribution in [0.5, 0.6) is 5.75 Å². The molecule has 0 radical (unpaired) electrons. The molecule has 5 aromatic rings. The number of hydrogen-bond acceptors (Lipinski definition) is 6. The van der Waals surface area contributed by atoms with Gasteiger partial charge >= 0.3 is 0 Å². The van der Waals surface area contributed by atoms with Crippen molar-refractivity contribution < 1.29 is 9.26 Å². The highest BCUT2D eigenvalue weighted by Crippen LogP contribution is 2.30. The maximum atomic E-state index is 13.2. The average molecular weight is 424 g/mol. The van der Waals surface area contributed by atoms with Gasteiger partial charge in [-0.3, -0.25) is 4.79 Å². The maximum absolute atomic E-state index is 13.2. The minimum Gasteiger partial charge on any atom is -0.496 e. The molecule has 0 N–H and O–H groups in total. The molecular weight excluding hydrogens is 404 g/mol. The molecule has 0 atom stereocenters. The van der Waals surface area contributed by atoms with E-state index in [1.165, 1.54) is 4.68 Å². The summed E-state index contributed by atoms with van der Waals surface area (Å²) in [5.74, 6) is 1.24. The molecule has 2 heterocycles. The Labute approximate surface area is 183 Å². The quantitative estimate of drug-likeness (QED) is 0.415. The Kier molecular flexibility index (Phi) is 4.78. The zero-order valence-electron chi connectivity index (χ0n) is 17.9. The Morgan fingerprint density at radius 2 is 1.66 bits per heavy atom. The summed E-state index contributed by atoms with van der Waals surface area (Å²) in [5, 5.41) is 9.94. The van der Waals surface area contributed by atoms with Crippen molar-refractivity contribution in [2.24, 2.45) is 0 Å². The van der Waals surface area contributed by atoms with E-state index in [0.717, 1.165) is 11.1 Å². The smallest absolute Gasteiger partial charge is 0.279 e. The van der Waals surface area contributed by atoms with Crippen LogP contribution in [0.4, 0.5) is 0 Å². The molecule has 0 saturated heterocycles. The summed E-state index contributed by atoms with van der Waals surface area (Å²) < 4.78 is 12.4.